The van der Waals surface area contributed by atoms with E-state index in [1.54, 1.807) is 6.07 Å². The lowest BCUT2D eigenvalue weighted by Gasteiger charge is -2.17. The molecule has 2 N–H and O–H groups in total. The molecule has 2 aromatic carbocycles. The molecule has 142 valence electrons. The van der Waals surface area contributed by atoms with Crippen molar-refractivity contribution in [3.63, 3.8) is 0 Å². The number of benzene rings is 2. The number of hydrogen-bond donors (Lipinski definition) is 2. The number of nitrogens with one attached hydrogen (secondary N) is 2. The van der Waals surface area contributed by atoms with E-state index in [-0.39, 0.29) is 37.7 Å². The minimum Gasteiger partial charge on any atom is -0.355 e. The number of carbonyl (C=O) groups is 3. The van der Waals surface area contributed by atoms with Gasteiger partial charge in [-0.05, 0) is 23.8 Å². The van der Waals surface area contributed by atoms with E-state index in [4.69, 9.17) is 0 Å². The average Bonchev–Trinajstić information content (AvgIpc) is 2.62. The number of rotatable bonds is 8. The van der Waals surface area contributed by atoms with Gasteiger partial charge in [0.15, 0.2) is 0 Å². The summed E-state index contributed by atoms with van der Waals surface area (Å²) in [6, 6.07) is 14.8. The predicted octanol–water partition coefficient (Wildman–Crippen LogP) is 1.97. The number of carbonyl (C=O) groups excluding carboxylic acids is 3. The third-order valence-electron chi connectivity index (χ3n) is 3.78. The highest BCUT2D eigenvalue weighted by Gasteiger charge is 2.13. The first-order chi connectivity index (χ1) is 12.9. The van der Waals surface area contributed by atoms with Gasteiger partial charge in [-0.25, -0.2) is 4.39 Å². The van der Waals surface area contributed by atoms with Crippen molar-refractivity contribution in [2.24, 2.45) is 0 Å². The molecule has 0 atom stereocenters. The van der Waals surface area contributed by atoms with Gasteiger partial charge in [0.1, 0.15) is 5.82 Å². The van der Waals surface area contributed by atoms with Crippen LogP contribution in [0, 0.1) is 5.82 Å². The molecule has 0 unspecified atom stereocenters. The van der Waals surface area contributed by atoms with E-state index in [1.165, 1.54) is 30.1 Å². The second kappa shape index (κ2) is 10.1. The van der Waals surface area contributed by atoms with E-state index >= 15 is 0 Å². The van der Waals surface area contributed by atoms with E-state index in [0.29, 0.717) is 5.69 Å². The Kier molecular flexibility index (Phi) is 7.49. The van der Waals surface area contributed by atoms with Crippen LogP contribution in [0.1, 0.15) is 12.0 Å². The highest BCUT2D eigenvalue weighted by Crippen LogP contribution is 2.09. The van der Waals surface area contributed by atoms with Crippen molar-refractivity contribution < 1.29 is 18.8 Å². The molecule has 27 heavy (non-hydrogen) atoms. The highest BCUT2D eigenvalue weighted by molar-refractivity contribution is 5.94. The first-order valence-electron chi connectivity index (χ1n) is 8.54. The van der Waals surface area contributed by atoms with Gasteiger partial charge in [0.05, 0.1) is 13.0 Å². The van der Waals surface area contributed by atoms with Gasteiger partial charge in [-0.2, -0.15) is 0 Å². The van der Waals surface area contributed by atoms with Crippen molar-refractivity contribution >= 4 is 23.4 Å². The average molecular weight is 371 g/mol. The summed E-state index contributed by atoms with van der Waals surface area (Å²) in [5, 5.41) is 5.22. The van der Waals surface area contributed by atoms with Gasteiger partial charge in [0, 0.05) is 25.7 Å². The van der Waals surface area contributed by atoms with Crippen molar-refractivity contribution in [1.82, 2.24) is 10.2 Å². The first-order valence-corrected chi connectivity index (χ1v) is 8.54. The van der Waals surface area contributed by atoms with Crippen molar-refractivity contribution in [2.75, 3.05) is 25.5 Å². The third kappa shape index (κ3) is 7.27. The Balaban J connectivity index is 1.68. The molecule has 0 saturated heterocycles. The maximum Gasteiger partial charge on any atom is 0.243 e. The van der Waals surface area contributed by atoms with Crippen LogP contribution in [0.2, 0.25) is 0 Å². The zero-order chi connectivity index (χ0) is 19.6. The molecular formula is C20H22FN3O3. The predicted molar refractivity (Wildman–Crippen MR) is 100 cm³/mol. The highest BCUT2D eigenvalue weighted by atomic mass is 19.1. The van der Waals surface area contributed by atoms with Crippen LogP contribution in [0.5, 0.6) is 0 Å². The molecule has 0 aliphatic rings. The van der Waals surface area contributed by atoms with Crippen LogP contribution in [0.4, 0.5) is 10.1 Å². The van der Waals surface area contributed by atoms with Crippen molar-refractivity contribution in [3.8, 4) is 0 Å². The Labute approximate surface area is 157 Å². The lowest BCUT2D eigenvalue weighted by atomic mass is 10.1. The number of amides is 3. The SMILES string of the molecule is CN(CC(=O)Nc1cccc(F)c1)C(=O)CCNC(=O)Cc1ccccc1. The van der Waals surface area contributed by atoms with E-state index in [1.807, 2.05) is 30.3 Å². The fourth-order valence-corrected chi connectivity index (χ4v) is 2.41. The zero-order valence-corrected chi connectivity index (χ0v) is 15.1. The van der Waals surface area contributed by atoms with E-state index in [0.717, 1.165) is 5.56 Å². The largest absolute Gasteiger partial charge is 0.355 e. The molecule has 0 fully saturated rings. The Morgan fingerprint density at radius 3 is 2.44 bits per heavy atom. The summed E-state index contributed by atoms with van der Waals surface area (Å²) >= 11 is 0. The van der Waals surface area contributed by atoms with E-state index in [2.05, 4.69) is 10.6 Å². The lowest BCUT2D eigenvalue weighted by Crippen LogP contribution is -2.37. The second-order valence-corrected chi connectivity index (χ2v) is 6.07. The number of nitrogens with zero attached hydrogens (tertiary/aromatic N) is 1. The molecule has 2 aromatic rings. The maximum atomic E-state index is 13.1. The van der Waals surface area contributed by atoms with Gasteiger partial charge in [0.25, 0.3) is 0 Å². The summed E-state index contributed by atoms with van der Waals surface area (Å²) in [4.78, 5) is 37.1. The Morgan fingerprint density at radius 2 is 1.74 bits per heavy atom. The van der Waals surface area contributed by atoms with Crippen LogP contribution >= 0.6 is 0 Å². The monoisotopic (exact) mass is 371 g/mol. The molecule has 0 aliphatic carbocycles. The quantitative estimate of drug-likeness (QED) is 0.745. The third-order valence-corrected chi connectivity index (χ3v) is 3.78. The fraction of sp³-hybridized carbons (Fsp3) is 0.250. The van der Waals surface area contributed by atoms with Crippen LogP contribution in [0.25, 0.3) is 0 Å². The smallest absolute Gasteiger partial charge is 0.243 e. The summed E-state index contributed by atoms with van der Waals surface area (Å²) < 4.78 is 13.1. The van der Waals surface area contributed by atoms with Gasteiger partial charge < -0.3 is 15.5 Å². The molecule has 0 spiro atoms. The molecular weight excluding hydrogens is 349 g/mol. The minimum absolute atomic E-state index is 0.0876. The molecule has 7 heteroatoms. The van der Waals surface area contributed by atoms with Gasteiger partial charge in [-0.1, -0.05) is 36.4 Å². The molecule has 0 radical (unpaired) electrons. The van der Waals surface area contributed by atoms with Crippen LogP contribution in [0.3, 0.4) is 0 Å². The summed E-state index contributed by atoms with van der Waals surface area (Å²) in [6.45, 7) is 0.0354. The van der Waals surface area contributed by atoms with Crippen LogP contribution in [-0.4, -0.2) is 42.8 Å². The van der Waals surface area contributed by atoms with Crippen molar-refractivity contribution in [3.05, 3.63) is 66.0 Å². The summed E-state index contributed by atoms with van der Waals surface area (Å²) in [6.07, 6.45) is 0.338. The lowest BCUT2D eigenvalue weighted by molar-refractivity contribution is -0.133. The Hall–Kier alpha value is -3.22. The van der Waals surface area contributed by atoms with Gasteiger partial charge >= 0.3 is 0 Å². The Bertz CT molecular complexity index is 796. The van der Waals surface area contributed by atoms with E-state index < -0.39 is 11.7 Å². The number of hydrogen-bond acceptors (Lipinski definition) is 3. The molecule has 0 aromatic heterocycles. The number of likely N-dealkylation sites (N-methyl/N-ethyl adjacent to an activating group) is 1. The molecule has 0 aliphatic heterocycles. The van der Waals surface area contributed by atoms with Gasteiger partial charge in [0.2, 0.25) is 17.7 Å². The number of anilines is 1. The van der Waals surface area contributed by atoms with Crippen molar-refractivity contribution in [1.29, 1.82) is 0 Å². The minimum atomic E-state index is -0.455. The fourth-order valence-electron chi connectivity index (χ4n) is 2.41. The standard InChI is InChI=1S/C20H22FN3O3/c1-24(14-19(26)23-17-9-5-8-16(21)13-17)20(27)10-11-22-18(25)12-15-6-3-2-4-7-15/h2-9,13H,10-12,14H2,1H3,(H,22,25)(H,23,26). The molecule has 0 saturated carbocycles. The van der Waals surface area contributed by atoms with Gasteiger partial charge in [-0.15, -0.1) is 0 Å². The van der Waals surface area contributed by atoms with Crippen LogP contribution in [-0.2, 0) is 20.8 Å². The molecule has 3 amide bonds. The zero-order valence-electron chi connectivity index (χ0n) is 15.1. The number of halogens is 1. The van der Waals surface area contributed by atoms with E-state index in [9.17, 15) is 18.8 Å². The summed E-state index contributed by atoms with van der Waals surface area (Å²) in [5.74, 6) is -1.32. The molecule has 6 nitrogen and oxygen atoms in total. The topological polar surface area (TPSA) is 78.5 Å². The summed E-state index contributed by atoms with van der Waals surface area (Å²) in [7, 11) is 1.50. The van der Waals surface area contributed by atoms with Gasteiger partial charge in [-0.3, -0.25) is 14.4 Å². The second-order valence-electron chi connectivity index (χ2n) is 6.07. The van der Waals surface area contributed by atoms with Crippen molar-refractivity contribution in [2.45, 2.75) is 12.8 Å². The normalized spacial score (nSPS) is 10.1. The molecule has 2 rings (SSSR count). The summed E-state index contributed by atoms with van der Waals surface area (Å²) in [5.41, 5.74) is 1.22. The molecule has 0 bridgehead atoms. The first kappa shape index (κ1) is 20.1. The van der Waals surface area contributed by atoms with Crippen LogP contribution in [0.15, 0.2) is 54.6 Å². The Morgan fingerprint density at radius 1 is 1.00 bits per heavy atom. The van der Waals surface area contributed by atoms with Crippen LogP contribution < -0.4 is 10.6 Å². The maximum absolute atomic E-state index is 13.1. The molecule has 0 heterocycles.